The second-order valence-corrected chi connectivity index (χ2v) is 13.7. The molecule has 0 radical (unpaired) electrons. The standard InChI is InChI=1S/C20H20F2N2O3.C19H19F2N3O3.ClH/c1-4-12-7-13-11(9-23-12)10-24(19(25)20(13)5-6-20)18-16(21)14(26-2)8-15(27-3)17(18)22;1-26-13-6-14(27-2)16(21)17(15(13)20)24-9-10-8-23-11(7-22)5-12(10)19(3-4-19)18(24)25;/h7-9H,4-6,10H2,1-3H3;5-6,8H,3-4,7,9,22H2,1-2H3;1H. The number of pyridine rings is 2. The number of aryl methyl sites for hydroxylation is 1. The number of ether oxygens (including phenoxy) is 4. The normalized spacial score (nSPS) is 16.8. The van der Waals surface area contributed by atoms with Crippen LogP contribution in [0.25, 0.3) is 0 Å². The largest absolute Gasteiger partial charge is 0.493 e. The third-order valence-electron chi connectivity index (χ3n) is 10.8. The molecule has 2 aliphatic heterocycles. The zero-order valence-electron chi connectivity index (χ0n) is 30.9. The van der Waals surface area contributed by atoms with E-state index in [0.29, 0.717) is 31.4 Å². The number of fused-ring (bicyclic) bond motifs is 4. The number of hydrogen-bond acceptors (Lipinski definition) is 9. The molecule has 16 heteroatoms. The summed E-state index contributed by atoms with van der Waals surface area (Å²) in [6.45, 7) is 2.32. The van der Waals surface area contributed by atoms with E-state index in [2.05, 4.69) is 9.97 Å². The van der Waals surface area contributed by atoms with Crippen molar-refractivity contribution in [1.82, 2.24) is 9.97 Å². The first-order chi connectivity index (χ1) is 25.9. The zero-order chi connectivity index (χ0) is 38.7. The minimum Gasteiger partial charge on any atom is -0.493 e. The molecule has 4 heterocycles. The maximum absolute atomic E-state index is 14.9. The number of amides is 2. The quantitative estimate of drug-likeness (QED) is 0.203. The topological polar surface area (TPSA) is 129 Å². The fourth-order valence-electron chi connectivity index (χ4n) is 7.53. The number of hydrogen-bond donors (Lipinski definition) is 1. The third kappa shape index (κ3) is 6.26. The molecule has 2 spiro atoms. The van der Waals surface area contributed by atoms with Gasteiger partial charge in [0.25, 0.3) is 0 Å². The molecule has 0 atom stereocenters. The average molecular weight is 786 g/mol. The molecule has 11 nitrogen and oxygen atoms in total. The predicted octanol–water partition coefficient (Wildman–Crippen LogP) is 6.35. The number of halogens is 5. The van der Waals surface area contributed by atoms with E-state index in [0.717, 1.165) is 51.4 Å². The molecule has 2 saturated carbocycles. The average Bonchev–Trinajstić information content (AvgIpc) is 4.13. The van der Waals surface area contributed by atoms with Gasteiger partial charge in [-0.25, -0.2) is 17.6 Å². The van der Waals surface area contributed by atoms with Gasteiger partial charge < -0.3 is 34.5 Å². The van der Waals surface area contributed by atoms with Crippen LogP contribution in [0.5, 0.6) is 23.0 Å². The summed E-state index contributed by atoms with van der Waals surface area (Å²) < 4.78 is 79.7. The lowest BCUT2D eigenvalue weighted by atomic mass is 9.86. The molecule has 292 valence electrons. The van der Waals surface area contributed by atoms with Gasteiger partial charge in [0.15, 0.2) is 46.3 Å². The van der Waals surface area contributed by atoms with Crippen molar-refractivity contribution in [3.8, 4) is 23.0 Å². The van der Waals surface area contributed by atoms with Crippen molar-refractivity contribution in [2.45, 2.75) is 69.5 Å². The van der Waals surface area contributed by atoms with Gasteiger partial charge in [-0.2, -0.15) is 0 Å². The van der Waals surface area contributed by atoms with E-state index < -0.39 is 45.5 Å². The molecule has 4 aliphatic rings. The van der Waals surface area contributed by atoms with E-state index in [-0.39, 0.29) is 66.9 Å². The maximum Gasteiger partial charge on any atom is 0.238 e. The number of methoxy groups -OCH3 is 4. The van der Waals surface area contributed by atoms with E-state index in [9.17, 15) is 27.2 Å². The van der Waals surface area contributed by atoms with Gasteiger partial charge in [-0.05, 0) is 66.5 Å². The van der Waals surface area contributed by atoms with Crippen LogP contribution in [0, 0.1) is 23.3 Å². The van der Waals surface area contributed by atoms with Crippen molar-refractivity contribution < 1.29 is 46.1 Å². The van der Waals surface area contributed by atoms with Gasteiger partial charge in [-0.1, -0.05) is 6.92 Å². The summed E-state index contributed by atoms with van der Waals surface area (Å²) in [4.78, 5) is 37.5. The van der Waals surface area contributed by atoms with Crippen LogP contribution in [-0.2, 0) is 46.5 Å². The van der Waals surface area contributed by atoms with Crippen molar-refractivity contribution in [2.75, 3.05) is 38.2 Å². The molecule has 2 aliphatic carbocycles. The van der Waals surface area contributed by atoms with Gasteiger partial charge in [-0.3, -0.25) is 19.6 Å². The number of aromatic nitrogens is 2. The number of carbonyl (C=O) groups is 2. The minimum absolute atomic E-state index is 0. The molecule has 2 amide bonds. The Bertz CT molecular complexity index is 1990. The Balaban J connectivity index is 0.000000184. The number of nitrogens with zero attached hydrogens (tertiary/aromatic N) is 4. The lowest BCUT2D eigenvalue weighted by Gasteiger charge is -2.35. The molecule has 2 aromatic carbocycles. The monoisotopic (exact) mass is 785 g/mol. The summed E-state index contributed by atoms with van der Waals surface area (Å²) in [6, 6.07) is 6.05. The molecular formula is C39H40ClF4N5O6. The molecular weight excluding hydrogens is 746 g/mol. The summed E-state index contributed by atoms with van der Waals surface area (Å²) >= 11 is 0. The molecule has 55 heavy (non-hydrogen) atoms. The number of nitrogens with two attached hydrogens (primary N) is 1. The Morgan fingerprint density at radius 3 is 1.29 bits per heavy atom. The Kier molecular flexibility index (Phi) is 10.7. The van der Waals surface area contributed by atoms with Crippen LogP contribution in [0.1, 0.15) is 66.2 Å². The van der Waals surface area contributed by atoms with Gasteiger partial charge >= 0.3 is 0 Å². The Morgan fingerprint density at radius 1 is 0.636 bits per heavy atom. The fourth-order valence-corrected chi connectivity index (χ4v) is 7.53. The lowest BCUT2D eigenvalue weighted by Crippen LogP contribution is -2.45. The van der Waals surface area contributed by atoms with Crippen LogP contribution in [0.2, 0.25) is 0 Å². The molecule has 0 bridgehead atoms. The number of anilines is 2. The summed E-state index contributed by atoms with van der Waals surface area (Å²) in [7, 11) is 5.11. The van der Waals surface area contributed by atoms with Gasteiger partial charge in [0.1, 0.15) is 11.4 Å². The number of benzene rings is 2. The van der Waals surface area contributed by atoms with Crippen molar-refractivity contribution in [3.63, 3.8) is 0 Å². The van der Waals surface area contributed by atoms with Crippen LogP contribution in [0.4, 0.5) is 28.9 Å². The minimum atomic E-state index is -0.935. The van der Waals surface area contributed by atoms with Gasteiger partial charge in [0.2, 0.25) is 11.8 Å². The molecule has 0 saturated heterocycles. The third-order valence-corrected chi connectivity index (χ3v) is 10.8. The summed E-state index contributed by atoms with van der Waals surface area (Å²) in [5.74, 6) is -5.06. The number of rotatable bonds is 8. The van der Waals surface area contributed by atoms with Crippen molar-refractivity contribution in [2.24, 2.45) is 5.73 Å². The molecule has 2 aromatic heterocycles. The van der Waals surface area contributed by atoms with E-state index in [4.69, 9.17) is 24.7 Å². The highest BCUT2D eigenvalue weighted by atomic mass is 35.5. The Morgan fingerprint density at radius 2 is 0.982 bits per heavy atom. The zero-order valence-corrected chi connectivity index (χ0v) is 31.7. The highest BCUT2D eigenvalue weighted by molar-refractivity contribution is 6.06. The van der Waals surface area contributed by atoms with Crippen LogP contribution in [0.3, 0.4) is 0 Å². The van der Waals surface area contributed by atoms with Crippen LogP contribution in [-0.4, -0.2) is 50.2 Å². The van der Waals surface area contributed by atoms with E-state index in [1.807, 2.05) is 19.1 Å². The van der Waals surface area contributed by atoms with Crippen molar-refractivity contribution in [3.05, 3.63) is 93.6 Å². The van der Waals surface area contributed by atoms with E-state index >= 15 is 0 Å². The first-order valence-electron chi connectivity index (χ1n) is 17.4. The molecule has 4 aromatic rings. The SMILES string of the molecule is CCc1cc2c(cn1)CN(c1c(F)c(OC)cc(OC)c1F)C(=O)C21CC1.COc1cc(OC)c(F)c(N2Cc3cnc(CN)cc3C3(CC3)C2=O)c1F.Cl. The lowest BCUT2D eigenvalue weighted by molar-refractivity contribution is -0.122. The highest BCUT2D eigenvalue weighted by Gasteiger charge is 2.58. The smallest absolute Gasteiger partial charge is 0.238 e. The number of carbonyl (C=O) groups excluding carboxylic acids is 2. The highest BCUT2D eigenvalue weighted by Crippen LogP contribution is 2.56. The molecule has 0 unspecified atom stereocenters. The predicted molar refractivity (Wildman–Crippen MR) is 196 cm³/mol. The van der Waals surface area contributed by atoms with Crippen LogP contribution in [0.15, 0.2) is 36.7 Å². The van der Waals surface area contributed by atoms with Crippen molar-refractivity contribution >= 4 is 35.6 Å². The fraction of sp³-hybridized carbons (Fsp3) is 0.385. The second kappa shape index (κ2) is 14.8. The molecule has 8 rings (SSSR count). The first-order valence-corrected chi connectivity index (χ1v) is 17.4. The van der Waals surface area contributed by atoms with Crippen molar-refractivity contribution in [1.29, 1.82) is 0 Å². The maximum atomic E-state index is 14.9. The van der Waals surface area contributed by atoms with Gasteiger partial charge in [0, 0.05) is 36.8 Å². The second-order valence-electron chi connectivity index (χ2n) is 13.7. The summed E-state index contributed by atoms with van der Waals surface area (Å²) in [6.07, 6.45) is 6.66. The molecule has 2 fully saturated rings. The van der Waals surface area contributed by atoms with Gasteiger partial charge in [0.05, 0.1) is 58.1 Å². The van der Waals surface area contributed by atoms with E-state index in [1.54, 1.807) is 12.4 Å². The van der Waals surface area contributed by atoms with Crippen LogP contribution < -0.4 is 34.5 Å². The summed E-state index contributed by atoms with van der Waals surface area (Å²) in [5, 5.41) is 0. The van der Waals surface area contributed by atoms with Crippen LogP contribution >= 0.6 is 12.4 Å². The molecule has 2 N–H and O–H groups in total. The van der Waals surface area contributed by atoms with E-state index in [1.165, 1.54) is 33.3 Å². The Labute approximate surface area is 321 Å². The summed E-state index contributed by atoms with van der Waals surface area (Å²) in [5.41, 5.74) is 8.23. The van der Waals surface area contributed by atoms with Gasteiger partial charge in [-0.15, -0.1) is 12.4 Å². The Hall–Kier alpha value is -5.15. The first kappa shape index (κ1) is 39.5.